The minimum Gasteiger partial charge on any atom is -0.468 e. The van der Waals surface area contributed by atoms with Crippen LogP contribution in [0.4, 0.5) is 0 Å². The second kappa shape index (κ2) is 16.9. The van der Waals surface area contributed by atoms with Crippen LogP contribution in [-0.2, 0) is 42.4 Å². The third kappa shape index (κ3) is 9.58. The van der Waals surface area contributed by atoms with Crippen molar-refractivity contribution in [3.8, 4) is 0 Å². The lowest BCUT2D eigenvalue weighted by molar-refractivity contribution is -0.158. The molecule has 1 heterocycles. The van der Waals surface area contributed by atoms with Crippen LogP contribution in [0.5, 0.6) is 0 Å². The smallest absolute Gasteiger partial charge is 0.329 e. The van der Waals surface area contributed by atoms with Crippen molar-refractivity contribution in [1.82, 2.24) is 19.8 Å². The molecule has 51 heavy (non-hydrogen) atoms. The Morgan fingerprint density at radius 1 is 0.784 bits per heavy atom. The largest absolute Gasteiger partial charge is 0.468 e. The molecule has 0 fully saturated rings. The number of imidazole rings is 1. The number of methoxy groups -OCH3 is 1. The van der Waals surface area contributed by atoms with Crippen molar-refractivity contribution in [1.29, 1.82) is 0 Å². The van der Waals surface area contributed by atoms with Gasteiger partial charge in [0.25, 0.3) is 0 Å². The van der Waals surface area contributed by atoms with E-state index in [1.807, 2.05) is 96.0 Å². The van der Waals surface area contributed by atoms with Crippen LogP contribution in [0.1, 0.15) is 55.1 Å². The molecule has 1 aromatic heterocycles. The summed E-state index contributed by atoms with van der Waals surface area (Å²) in [7, 11) is 1.34. The number of carbonyl (C=O) groups is 3. The van der Waals surface area contributed by atoms with Crippen LogP contribution in [0.25, 0.3) is 0 Å². The lowest BCUT2D eigenvalue weighted by Crippen LogP contribution is -2.46. The molecule has 5 aromatic rings. The molecule has 0 bridgehead atoms. The number of hydrogen-bond acceptors (Lipinski definition) is 7. The Labute approximate surface area is 300 Å². The zero-order chi connectivity index (χ0) is 36.3. The maximum Gasteiger partial charge on any atom is 0.329 e. The lowest BCUT2D eigenvalue weighted by Gasteiger charge is -2.37. The molecule has 1 atom stereocenters. The first-order valence-corrected chi connectivity index (χ1v) is 17.1. The number of esters is 2. The summed E-state index contributed by atoms with van der Waals surface area (Å²) < 4.78 is 12.7. The van der Waals surface area contributed by atoms with Crippen LogP contribution in [0.15, 0.2) is 134 Å². The molecule has 0 radical (unpaired) electrons. The number of nitrogens with one attached hydrogen (secondary N) is 1. The highest BCUT2D eigenvalue weighted by Gasteiger charge is 2.39. The number of rotatable bonds is 15. The highest BCUT2D eigenvalue weighted by atomic mass is 16.6. The zero-order valence-corrected chi connectivity index (χ0v) is 29.7. The van der Waals surface area contributed by atoms with Crippen LogP contribution in [-0.4, -0.2) is 64.1 Å². The standard InChI is InChI=1S/C42H46N4O5/c1-41(2,3)51-40(49)37(44-38(47)25-26-45(30-39(48)50-4)28-32-17-9-5-10-18-32)27-36-29-46(31-43-36)42(33-19-11-6-12-20-33,34-21-13-7-14-22-34)35-23-15-8-16-24-35/h5-24,29,31,37H,25-28,30H2,1-4H3,(H,44,47). The summed E-state index contributed by atoms with van der Waals surface area (Å²) in [6, 6.07) is 39.4. The van der Waals surface area contributed by atoms with Crippen LogP contribution in [0.3, 0.4) is 0 Å². The molecular weight excluding hydrogens is 640 g/mol. The molecule has 0 aliphatic carbocycles. The number of ether oxygens (including phenoxy) is 2. The van der Waals surface area contributed by atoms with E-state index in [1.165, 1.54) is 7.11 Å². The summed E-state index contributed by atoms with van der Waals surface area (Å²) >= 11 is 0. The number of aromatic nitrogens is 2. The maximum atomic E-state index is 13.6. The second-order valence-electron chi connectivity index (χ2n) is 13.5. The molecule has 1 amide bonds. The van der Waals surface area contributed by atoms with Gasteiger partial charge < -0.3 is 19.4 Å². The molecule has 0 aliphatic heterocycles. The fourth-order valence-corrected chi connectivity index (χ4v) is 6.24. The summed E-state index contributed by atoms with van der Waals surface area (Å²) in [5, 5.41) is 2.91. The van der Waals surface area contributed by atoms with Gasteiger partial charge in [0.05, 0.1) is 25.7 Å². The summed E-state index contributed by atoms with van der Waals surface area (Å²) in [4.78, 5) is 45.9. The van der Waals surface area contributed by atoms with Gasteiger partial charge in [-0.25, -0.2) is 9.78 Å². The van der Waals surface area contributed by atoms with Gasteiger partial charge >= 0.3 is 11.9 Å². The maximum absolute atomic E-state index is 13.6. The quantitative estimate of drug-likeness (QED) is 0.104. The average molecular weight is 687 g/mol. The van der Waals surface area contributed by atoms with Crippen molar-refractivity contribution >= 4 is 17.8 Å². The van der Waals surface area contributed by atoms with Gasteiger partial charge in [-0.05, 0) is 43.0 Å². The number of hydrogen-bond donors (Lipinski definition) is 1. The van der Waals surface area contributed by atoms with Gasteiger partial charge in [-0.15, -0.1) is 0 Å². The normalized spacial score (nSPS) is 12.3. The molecule has 0 saturated heterocycles. The molecule has 9 heteroatoms. The fourth-order valence-electron chi connectivity index (χ4n) is 6.24. The highest BCUT2D eigenvalue weighted by Crippen LogP contribution is 2.40. The van der Waals surface area contributed by atoms with Gasteiger partial charge in [-0.1, -0.05) is 121 Å². The molecule has 4 aromatic carbocycles. The van der Waals surface area contributed by atoms with Crippen LogP contribution in [0, 0.1) is 0 Å². The van der Waals surface area contributed by atoms with E-state index < -0.39 is 29.1 Å². The Balaban J connectivity index is 1.43. The number of amides is 1. The van der Waals surface area contributed by atoms with Crippen LogP contribution < -0.4 is 5.32 Å². The molecule has 5 rings (SSSR count). The Bertz CT molecular complexity index is 1760. The van der Waals surface area contributed by atoms with Crippen LogP contribution >= 0.6 is 0 Å². The lowest BCUT2D eigenvalue weighted by atomic mass is 9.77. The monoisotopic (exact) mass is 686 g/mol. The van der Waals surface area contributed by atoms with Crippen LogP contribution in [0.2, 0.25) is 0 Å². The predicted octanol–water partition coefficient (Wildman–Crippen LogP) is 6.16. The Kier molecular flexibility index (Phi) is 12.2. The number of benzene rings is 4. The first-order valence-electron chi connectivity index (χ1n) is 17.1. The Morgan fingerprint density at radius 3 is 1.78 bits per heavy atom. The van der Waals surface area contributed by atoms with E-state index in [9.17, 15) is 14.4 Å². The first-order chi connectivity index (χ1) is 24.6. The summed E-state index contributed by atoms with van der Waals surface area (Å²) in [6.45, 7) is 6.14. The summed E-state index contributed by atoms with van der Waals surface area (Å²) in [5.41, 5.74) is 3.18. The minimum absolute atomic E-state index is 0.0254. The fraction of sp³-hybridized carbons (Fsp3) is 0.286. The highest BCUT2D eigenvalue weighted by molar-refractivity contribution is 5.85. The Morgan fingerprint density at radius 2 is 1.29 bits per heavy atom. The molecule has 0 aliphatic rings. The van der Waals surface area contributed by atoms with Gasteiger partial charge in [0.15, 0.2) is 0 Å². The van der Waals surface area contributed by atoms with Gasteiger partial charge in [-0.2, -0.15) is 0 Å². The molecular formula is C42H46N4O5. The van der Waals surface area contributed by atoms with Crippen molar-refractivity contribution in [2.45, 2.75) is 57.3 Å². The van der Waals surface area contributed by atoms with E-state index in [4.69, 9.17) is 14.5 Å². The van der Waals surface area contributed by atoms with Gasteiger partial charge in [0.1, 0.15) is 17.2 Å². The van der Waals surface area contributed by atoms with E-state index >= 15 is 0 Å². The minimum atomic E-state index is -0.997. The van der Waals surface area contributed by atoms with E-state index in [2.05, 4.69) is 46.3 Å². The van der Waals surface area contributed by atoms with Crippen molar-refractivity contribution in [2.75, 3.05) is 20.2 Å². The number of carbonyl (C=O) groups excluding carboxylic acids is 3. The van der Waals surface area contributed by atoms with Crippen molar-refractivity contribution in [3.05, 3.63) is 162 Å². The molecule has 0 spiro atoms. The molecule has 1 unspecified atom stereocenters. The molecule has 0 saturated carbocycles. The van der Waals surface area contributed by atoms with Gasteiger partial charge in [-0.3, -0.25) is 14.5 Å². The van der Waals surface area contributed by atoms with Gasteiger partial charge in [0.2, 0.25) is 5.91 Å². The third-order valence-corrected chi connectivity index (χ3v) is 8.52. The zero-order valence-electron chi connectivity index (χ0n) is 29.7. The van der Waals surface area contributed by atoms with Crippen molar-refractivity contribution in [2.24, 2.45) is 0 Å². The van der Waals surface area contributed by atoms with E-state index in [1.54, 1.807) is 27.1 Å². The molecule has 1 N–H and O–H groups in total. The summed E-state index contributed by atoms with van der Waals surface area (Å²) in [5.74, 6) is -1.30. The van der Waals surface area contributed by atoms with Crippen molar-refractivity contribution in [3.63, 3.8) is 0 Å². The van der Waals surface area contributed by atoms with E-state index in [0.717, 1.165) is 22.3 Å². The Hall–Kier alpha value is -5.54. The van der Waals surface area contributed by atoms with Crippen molar-refractivity contribution < 1.29 is 23.9 Å². The topological polar surface area (TPSA) is 103 Å². The van der Waals surface area contributed by atoms with Gasteiger partial charge in [0, 0.05) is 32.1 Å². The third-order valence-electron chi connectivity index (χ3n) is 8.52. The predicted molar refractivity (Wildman–Crippen MR) is 197 cm³/mol. The SMILES string of the molecule is COC(=O)CN(CCC(=O)NC(Cc1cn(C(c2ccccc2)(c2ccccc2)c2ccccc2)cn1)C(=O)OC(C)(C)C)Cc1ccccc1. The van der Waals surface area contributed by atoms with E-state index in [0.29, 0.717) is 12.2 Å². The molecule has 9 nitrogen and oxygen atoms in total. The van der Waals surface area contributed by atoms with E-state index in [-0.39, 0.29) is 31.8 Å². The second-order valence-corrected chi connectivity index (χ2v) is 13.5. The molecule has 264 valence electrons. The number of nitrogens with zero attached hydrogens (tertiary/aromatic N) is 3. The summed E-state index contributed by atoms with van der Waals surface area (Å²) in [6.07, 6.45) is 3.88. The average Bonchev–Trinajstić information content (AvgIpc) is 3.60. The first kappa shape index (κ1) is 36.7.